The van der Waals surface area contributed by atoms with Gasteiger partial charge in [-0.25, -0.2) is 0 Å². The molecule has 1 atom stereocenters. The van der Waals surface area contributed by atoms with Gasteiger partial charge in [-0.15, -0.1) is 12.4 Å². The van der Waals surface area contributed by atoms with Gasteiger partial charge in [-0.05, 0) is 34.5 Å². The molecule has 0 amide bonds. The van der Waals surface area contributed by atoms with E-state index in [1.165, 1.54) is 0 Å². The quantitative estimate of drug-likeness (QED) is 0.855. The van der Waals surface area contributed by atoms with Crippen molar-refractivity contribution in [1.29, 1.82) is 0 Å². The minimum atomic E-state index is -0.0903. The number of nitrogens with two attached hydrogens (primary N) is 1. The fraction of sp³-hybridized carbons (Fsp3) is 0.100. The van der Waals surface area contributed by atoms with Crippen LogP contribution in [0.3, 0.4) is 0 Å². The van der Waals surface area contributed by atoms with Crippen LogP contribution in [0.1, 0.15) is 17.3 Å². The Morgan fingerprint density at radius 2 is 2.14 bits per heavy atom. The first kappa shape index (κ1) is 11.2. The van der Waals surface area contributed by atoms with Gasteiger partial charge in [-0.1, -0.05) is 6.07 Å². The SMILES string of the molecule is Cl.N[C@@H](c1ccsc1)c1ccccn1. The molecule has 0 bridgehead atoms. The summed E-state index contributed by atoms with van der Waals surface area (Å²) in [6.07, 6.45) is 1.77. The number of hydrogen-bond acceptors (Lipinski definition) is 3. The Labute approximate surface area is 93.2 Å². The fourth-order valence-corrected chi connectivity index (χ4v) is 1.88. The summed E-state index contributed by atoms with van der Waals surface area (Å²) < 4.78 is 0. The number of nitrogens with zero attached hydrogens (tertiary/aromatic N) is 1. The highest BCUT2D eigenvalue weighted by molar-refractivity contribution is 7.07. The number of halogens is 1. The predicted molar refractivity (Wildman–Crippen MR) is 61.8 cm³/mol. The van der Waals surface area contributed by atoms with Gasteiger partial charge in [0.25, 0.3) is 0 Å². The Balaban J connectivity index is 0.000000980. The average molecular weight is 227 g/mol. The van der Waals surface area contributed by atoms with Crippen LogP contribution < -0.4 is 5.73 Å². The molecule has 2 heterocycles. The van der Waals surface area contributed by atoms with Gasteiger partial charge >= 0.3 is 0 Å². The monoisotopic (exact) mass is 226 g/mol. The smallest absolute Gasteiger partial charge is 0.0734 e. The molecule has 0 fully saturated rings. The number of hydrogen-bond donors (Lipinski definition) is 1. The van der Waals surface area contributed by atoms with E-state index in [0.717, 1.165) is 11.3 Å². The highest BCUT2D eigenvalue weighted by Gasteiger charge is 2.08. The second kappa shape index (κ2) is 5.10. The molecule has 0 aliphatic heterocycles. The summed E-state index contributed by atoms with van der Waals surface area (Å²) in [6, 6.07) is 7.73. The number of pyridine rings is 1. The normalized spacial score (nSPS) is 11.8. The van der Waals surface area contributed by atoms with Crippen LogP contribution >= 0.6 is 23.7 Å². The number of thiophene rings is 1. The second-order valence-electron chi connectivity index (χ2n) is 2.79. The van der Waals surface area contributed by atoms with E-state index in [9.17, 15) is 0 Å². The van der Waals surface area contributed by atoms with E-state index in [4.69, 9.17) is 5.73 Å². The van der Waals surface area contributed by atoms with Crippen LogP contribution in [-0.4, -0.2) is 4.98 Å². The first-order valence-corrected chi connectivity index (χ1v) is 5.01. The van der Waals surface area contributed by atoms with E-state index in [0.29, 0.717) is 0 Å². The van der Waals surface area contributed by atoms with Gasteiger partial charge in [-0.3, -0.25) is 4.98 Å². The standard InChI is InChI=1S/C10H10N2S.ClH/c11-10(8-4-6-13-7-8)9-3-1-2-5-12-9;/h1-7,10H,11H2;1H/t10-;/m0./s1. The molecule has 2 N–H and O–H groups in total. The topological polar surface area (TPSA) is 38.9 Å². The van der Waals surface area contributed by atoms with Crippen molar-refractivity contribution < 1.29 is 0 Å². The van der Waals surface area contributed by atoms with Crippen LogP contribution in [0.2, 0.25) is 0 Å². The fourth-order valence-electron chi connectivity index (χ4n) is 1.18. The van der Waals surface area contributed by atoms with E-state index in [2.05, 4.69) is 10.4 Å². The molecule has 0 saturated heterocycles. The molecule has 74 valence electrons. The molecule has 0 aromatic carbocycles. The van der Waals surface area contributed by atoms with Crippen LogP contribution in [0.4, 0.5) is 0 Å². The van der Waals surface area contributed by atoms with Gasteiger partial charge in [0.05, 0.1) is 11.7 Å². The van der Waals surface area contributed by atoms with Crippen molar-refractivity contribution in [3.8, 4) is 0 Å². The lowest BCUT2D eigenvalue weighted by Crippen LogP contribution is -2.12. The van der Waals surface area contributed by atoms with Gasteiger partial charge in [0.1, 0.15) is 0 Å². The van der Waals surface area contributed by atoms with Crippen molar-refractivity contribution in [3.05, 3.63) is 52.5 Å². The predicted octanol–water partition coefficient (Wildman–Crippen LogP) is 2.61. The molecular weight excluding hydrogens is 216 g/mol. The number of rotatable bonds is 2. The van der Waals surface area contributed by atoms with E-state index in [1.54, 1.807) is 17.5 Å². The molecule has 0 aliphatic carbocycles. The lowest BCUT2D eigenvalue weighted by Gasteiger charge is -2.07. The maximum Gasteiger partial charge on any atom is 0.0734 e. The summed E-state index contributed by atoms with van der Waals surface area (Å²) >= 11 is 1.65. The maximum atomic E-state index is 6.00. The van der Waals surface area contributed by atoms with E-state index < -0.39 is 0 Å². The largest absolute Gasteiger partial charge is 0.319 e. The molecular formula is C10H11ClN2S. The summed E-state index contributed by atoms with van der Waals surface area (Å²) in [6.45, 7) is 0. The Morgan fingerprint density at radius 3 is 2.71 bits per heavy atom. The lowest BCUT2D eigenvalue weighted by molar-refractivity contribution is 0.833. The van der Waals surface area contributed by atoms with Gasteiger partial charge in [-0.2, -0.15) is 11.3 Å². The molecule has 0 unspecified atom stereocenters. The van der Waals surface area contributed by atoms with E-state index >= 15 is 0 Å². The van der Waals surface area contributed by atoms with Gasteiger partial charge in [0, 0.05) is 6.20 Å². The Kier molecular flexibility index (Phi) is 4.07. The van der Waals surface area contributed by atoms with Crippen LogP contribution in [0.5, 0.6) is 0 Å². The molecule has 2 aromatic heterocycles. The highest BCUT2D eigenvalue weighted by Crippen LogP contribution is 2.19. The summed E-state index contributed by atoms with van der Waals surface area (Å²) in [5, 5.41) is 4.08. The molecule has 0 spiro atoms. The van der Waals surface area contributed by atoms with Gasteiger partial charge in [0.2, 0.25) is 0 Å². The van der Waals surface area contributed by atoms with Crippen molar-refractivity contribution in [2.24, 2.45) is 5.73 Å². The van der Waals surface area contributed by atoms with Crippen LogP contribution in [0.25, 0.3) is 0 Å². The Hall–Kier alpha value is -0.900. The molecule has 2 aromatic rings. The maximum absolute atomic E-state index is 6.00. The first-order valence-electron chi connectivity index (χ1n) is 4.06. The van der Waals surface area contributed by atoms with E-state index in [1.807, 2.05) is 29.6 Å². The zero-order valence-electron chi connectivity index (χ0n) is 7.46. The lowest BCUT2D eigenvalue weighted by atomic mass is 10.1. The Morgan fingerprint density at radius 1 is 1.29 bits per heavy atom. The van der Waals surface area contributed by atoms with Crippen molar-refractivity contribution >= 4 is 23.7 Å². The average Bonchev–Trinajstić information content (AvgIpc) is 2.71. The molecule has 0 radical (unpaired) electrons. The Bertz CT molecular complexity index is 361. The summed E-state index contributed by atoms with van der Waals surface area (Å²) in [5.74, 6) is 0. The van der Waals surface area contributed by atoms with Crippen molar-refractivity contribution in [2.75, 3.05) is 0 Å². The minimum Gasteiger partial charge on any atom is -0.319 e. The van der Waals surface area contributed by atoms with Crippen molar-refractivity contribution in [3.63, 3.8) is 0 Å². The summed E-state index contributed by atoms with van der Waals surface area (Å²) in [4.78, 5) is 4.21. The zero-order valence-corrected chi connectivity index (χ0v) is 9.09. The van der Waals surface area contributed by atoms with Gasteiger partial charge in [0.15, 0.2) is 0 Å². The molecule has 14 heavy (non-hydrogen) atoms. The van der Waals surface area contributed by atoms with Crippen LogP contribution in [-0.2, 0) is 0 Å². The van der Waals surface area contributed by atoms with E-state index in [-0.39, 0.29) is 18.4 Å². The molecule has 0 saturated carbocycles. The zero-order chi connectivity index (χ0) is 9.10. The second-order valence-corrected chi connectivity index (χ2v) is 3.57. The summed E-state index contributed by atoms with van der Waals surface area (Å²) in [7, 11) is 0. The third kappa shape index (κ3) is 2.32. The molecule has 4 heteroatoms. The molecule has 0 aliphatic rings. The highest BCUT2D eigenvalue weighted by atomic mass is 35.5. The minimum absolute atomic E-state index is 0. The first-order chi connectivity index (χ1) is 6.38. The van der Waals surface area contributed by atoms with Gasteiger partial charge < -0.3 is 5.73 Å². The molecule has 2 rings (SSSR count). The van der Waals surface area contributed by atoms with Crippen LogP contribution in [0, 0.1) is 0 Å². The summed E-state index contributed by atoms with van der Waals surface area (Å²) in [5.41, 5.74) is 8.05. The van der Waals surface area contributed by atoms with Crippen LogP contribution in [0.15, 0.2) is 41.2 Å². The molecule has 2 nitrogen and oxygen atoms in total. The van der Waals surface area contributed by atoms with Crippen molar-refractivity contribution in [2.45, 2.75) is 6.04 Å². The third-order valence-corrected chi connectivity index (χ3v) is 2.61. The third-order valence-electron chi connectivity index (χ3n) is 1.91. The number of aromatic nitrogens is 1. The van der Waals surface area contributed by atoms with Crippen molar-refractivity contribution in [1.82, 2.24) is 4.98 Å².